The van der Waals surface area contributed by atoms with Crippen molar-refractivity contribution in [3.63, 3.8) is 0 Å². The average molecular weight is 482 g/mol. The van der Waals surface area contributed by atoms with E-state index in [2.05, 4.69) is 5.32 Å². The second-order valence-corrected chi connectivity index (χ2v) is 9.81. The Labute approximate surface area is 204 Å². The van der Waals surface area contributed by atoms with Crippen LogP contribution in [0.4, 0.5) is 0 Å². The molecular weight excluding hydrogens is 450 g/mol. The number of esters is 2. The van der Waals surface area contributed by atoms with E-state index in [0.29, 0.717) is 40.3 Å². The lowest BCUT2D eigenvalue weighted by Gasteiger charge is -2.38. The summed E-state index contributed by atoms with van der Waals surface area (Å²) >= 11 is 0. The third kappa shape index (κ3) is 4.19. The van der Waals surface area contributed by atoms with Crippen molar-refractivity contribution in [3.8, 4) is 11.5 Å². The van der Waals surface area contributed by atoms with Gasteiger partial charge in [-0.2, -0.15) is 0 Å². The van der Waals surface area contributed by atoms with Crippen LogP contribution in [-0.2, 0) is 23.9 Å². The number of rotatable bonds is 4. The van der Waals surface area contributed by atoms with Crippen molar-refractivity contribution in [1.82, 2.24) is 5.32 Å². The quantitative estimate of drug-likeness (QED) is 0.511. The molecule has 2 heterocycles. The Balaban J connectivity index is 1.59. The van der Waals surface area contributed by atoms with Crippen LogP contribution in [0.2, 0.25) is 0 Å². The number of carbonyl (C=O) groups is 3. The molecule has 35 heavy (non-hydrogen) atoms. The second kappa shape index (κ2) is 9.40. The molecule has 8 heteroatoms. The molecule has 3 unspecified atom stereocenters. The number of hydrogen-bond acceptors (Lipinski definition) is 8. The Morgan fingerprint density at radius 1 is 1.09 bits per heavy atom. The number of allylic oxidation sites excluding steroid dienone is 3. The highest BCUT2D eigenvalue weighted by molar-refractivity contribution is 6.12. The summed E-state index contributed by atoms with van der Waals surface area (Å²) < 4.78 is 22.0. The van der Waals surface area contributed by atoms with Crippen LogP contribution in [0.1, 0.15) is 63.9 Å². The van der Waals surface area contributed by atoms with Gasteiger partial charge in [-0.05, 0) is 62.6 Å². The summed E-state index contributed by atoms with van der Waals surface area (Å²) in [7, 11) is 1.29. The molecule has 2 aliphatic carbocycles. The van der Waals surface area contributed by atoms with Crippen LogP contribution in [0.5, 0.6) is 11.5 Å². The molecular formula is C27H31NO7. The maximum Gasteiger partial charge on any atom is 0.337 e. The minimum Gasteiger partial charge on any atom is -0.468 e. The highest BCUT2D eigenvalue weighted by Gasteiger charge is 2.47. The van der Waals surface area contributed by atoms with Crippen LogP contribution < -0.4 is 14.8 Å². The monoisotopic (exact) mass is 481 g/mol. The molecule has 0 spiro atoms. The molecule has 1 aromatic rings. The smallest absolute Gasteiger partial charge is 0.337 e. The van der Waals surface area contributed by atoms with Gasteiger partial charge in [-0.15, -0.1) is 0 Å². The Morgan fingerprint density at radius 2 is 1.83 bits per heavy atom. The zero-order chi connectivity index (χ0) is 24.7. The van der Waals surface area contributed by atoms with Gasteiger partial charge in [0.2, 0.25) is 6.79 Å². The van der Waals surface area contributed by atoms with Gasteiger partial charge in [0.15, 0.2) is 17.3 Å². The lowest BCUT2D eigenvalue weighted by Crippen LogP contribution is -2.43. The summed E-state index contributed by atoms with van der Waals surface area (Å²) in [5, 5.41) is 3.31. The molecule has 0 aromatic heterocycles. The molecule has 5 rings (SSSR count). The van der Waals surface area contributed by atoms with Crippen molar-refractivity contribution in [3.05, 3.63) is 46.3 Å². The summed E-state index contributed by atoms with van der Waals surface area (Å²) in [5.74, 6) is -2.00. The highest BCUT2D eigenvalue weighted by Crippen LogP contribution is 2.47. The van der Waals surface area contributed by atoms with Gasteiger partial charge >= 0.3 is 11.9 Å². The van der Waals surface area contributed by atoms with Gasteiger partial charge in [0.25, 0.3) is 0 Å². The number of benzene rings is 1. The predicted octanol–water partition coefficient (Wildman–Crippen LogP) is 3.90. The fraction of sp³-hybridized carbons (Fsp3) is 0.519. The van der Waals surface area contributed by atoms with Crippen molar-refractivity contribution in [2.24, 2.45) is 11.8 Å². The zero-order valence-electron chi connectivity index (χ0n) is 20.3. The molecule has 1 saturated carbocycles. The number of Topliss-reactive ketones (excluding diaryl/α,β-unsaturated/α-hetero) is 1. The number of ketones is 1. The fourth-order valence-electron chi connectivity index (χ4n) is 5.77. The van der Waals surface area contributed by atoms with Crippen LogP contribution in [0.25, 0.3) is 0 Å². The van der Waals surface area contributed by atoms with Gasteiger partial charge in [-0.1, -0.05) is 19.4 Å². The second-order valence-electron chi connectivity index (χ2n) is 9.81. The van der Waals surface area contributed by atoms with Gasteiger partial charge < -0.3 is 24.3 Å². The van der Waals surface area contributed by atoms with E-state index < -0.39 is 23.8 Å². The van der Waals surface area contributed by atoms with Gasteiger partial charge in [0, 0.05) is 22.9 Å². The van der Waals surface area contributed by atoms with Gasteiger partial charge in [0.05, 0.1) is 12.7 Å². The van der Waals surface area contributed by atoms with E-state index in [1.165, 1.54) is 7.11 Å². The number of nitrogens with one attached hydrogen (secondary N) is 1. The van der Waals surface area contributed by atoms with Crippen LogP contribution in [0, 0.1) is 11.8 Å². The van der Waals surface area contributed by atoms with Gasteiger partial charge in [-0.3, -0.25) is 9.59 Å². The molecule has 1 N–H and O–H groups in total. The van der Waals surface area contributed by atoms with Crippen molar-refractivity contribution in [2.75, 3.05) is 13.9 Å². The maximum atomic E-state index is 13.8. The first-order valence-electron chi connectivity index (χ1n) is 12.3. The number of methoxy groups -OCH3 is 1. The predicted molar refractivity (Wildman–Crippen MR) is 125 cm³/mol. The molecule has 2 aliphatic heterocycles. The number of ether oxygens (including phenoxy) is 4. The first-order valence-corrected chi connectivity index (χ1v) is 12.3. The Kier molecular flexibility index (Phi) is 6.30. The Morgan fingerprint density at radius 3 is 2.57 bits per heavy atom. The topological polar surface area (TPSA) is 100 Å². The average Bonchev–Trinajstić information content (AvgIpc) is 3.31. The molecule has 0 saturated heterocycles. The fourth-order valence-corrected chi connectivity index (χ4v) is 5.77. The van der Waals surface area contributed by atoms with E-state index in [4.69, 9.17) is 18.9 Å². The number of carbonyl (C=O) groups excluding carboxylic acids is 3. The molecule has 1 fully saturated rings. The van der Waals surface area contributed by atoms with Crippen molar-refractivity contribution >= 4 is 17.7 Å². The van der Waals surface area contributed by atoms with Crippen LogP contribution in [0.3, 0.4) is 0 Å². The number of hydrogen-bond donors (Lipinski definition) is 1. The zero-order valence-corrected chi connectivity index (χ0v) is 20.3. The summed E-state index contributed by atoms with van der Waals surface area (Å²) in [4.78, 5) is 40.0. The standard InChI is InChI=1S/C27H31NO7/c1-14-11-18-24(25(29)21(14)26(30)32-3)23(16-9-10-19-20(12-16)34-13-33-19)22(15(2)28-18)27(31)35-17-7-5-4-6-8-17/h9-10,12,14,17,21,23,28H,4-8,11,13H2,1-3H3. The lowest BCUT2D eigenvalue weighted by atomic mass is 9.69. The number of fused-ring (bicyclic) bond motifs is 1. The van der Waals surface area contributed by atoms with E-state index in [-0.39, 0.29) is 24.6 Å². The third-order valence-corrected chi connectivity index (χ3v) is 7.52. The molecule has 0 radical (unpaired) electrons. The third-order valence-electron chi connectivity index (χ3n) is 7.52. The largest absolute Gasteiger partial charge is 0.468 e. The van der Waals surface area contributed by atoms with Crippen molar-refractivity contribution < 1.29 is 33.3 Å². The van der Waals surface area contributed by atoms with Gasteiger partial charge in [-0.25, -0.2) is 4.79 Å². The normalized spacial score (nSPS) is 26.3. The molecule has 186 valence electrons. The molecule has 0 bridgehead atoms. The van der Waals surface area contributed by atoms with Crippen molar-refractivity contribution in [1.29, 1.82) is 0 Å². The molecule has 3 atom stereocenters. The first kappa shape index (κ1) is 23.5. The van der Waals surface area contributed by atoms with Gasteiger partial charge in [0.1, 0.15) is 12.0 Å². The maximum absolute atomic E-state index is 13.8. The van der Waals surface area contributed by atoms with E-state index in [1.54, 1.807) is 6.07 Å². The van der Waals surface area contributed by atoms with Crippen LogP contribution >= 0.6 is 0 Å². The Bertz CT molecular complexity index is 1130. The summed E-state index contributed by atoms with van der Waals surface area (Å²) in [6, 6.07) is 5.43. The van der Waals surface area contributed by atoms with Crippen LogP contribution in [-0.4, -0.2) is 37.7 Å². The summed E-state index contributed by atoms with van der Waals surface area (Å²) in [5.41, 5.74) is 2.91. The molecule has 1 aromatic carbocycles. The highest BCUT2D eigenvalue weighted by atomic mass is 16.7. The van der Waals surface area contributed by atoms with E-state index >= 15 is 0 Å². The SMILES string of the molecule is COC(=O)C1C(=O)C2=C(CC1C)NC(C)=C(C(=O)OC1CCCCC1)C2c1ccc2c(c1)OCO2. The minimum absolute atomic E-state index is 0.116. The van der Waals surface area contributed by atoms with E-state index in [0.717, 1.165) is 37.8 Å². The molecule has 0 amide bonds. The summed E-state index contributed by atoms with van der Waals surface area (Å²) in [6.07, 6.45) is 5.26. The van der Waals surface area contributed by atoms with E-state index in [1.807, 2.05) is 26.0 Å². The van der Waals surface area contributed by atoms with E-state index in [9.17, 15) is 14.4 Å². The summed E-state index contributed by atoms with van der Waals surface area (Å²) in [6.45, 7) is 3.82. The van der Waals surface area contributed by atoms with Crippen LogP contribution in [0.15, 0.2) is 40.7 Å². The minimum atomic E-state index is -0.925. The Hall–Kier alpha value is -3.29. The molecule has 8 nitrogen and oxygen atoms in total. The first-order chi connectivity index (χ1) is 16.9. The lowest BCUT2D eigenvalue weighted by molar-refractivity contribution is -0.151. The number of dihydropyridines is 1. The van der Waals surface area contributed by atoms with Crippen molar-refractivity contribution in [2.45, 2.75) is 64.4 Å². The molecule has 4 aliphatic rings.